The molecule has 2 aromatic rings. The number of rotatable bonds is 6. The van der Waals surface area contributed by atoms with Crippen LogP contribution in [0.2, 0.25) is 5.02 Å². The lowest BCUT2D eigenvalue weighted by Gasteiger charge is -2.17. The second kappa shape index (κ2) is 7.60. The Bertz CT molecular complexity index is 706. The van der Waals surface area contributed by atoms with Crippen molar-refractivity contribution in [3.8, 4) is 5.75 Å². The quantitative estimate of drug-likeness (QED) is 0.599. The fourth-order valence-electron chi connectivity index (χ4n) is 1.92. The van der Waals surface area contributed by atoms with Gasteiger partial charge in [-0.2, -0.15) is 0 Å². The van der Waals surface area contributed by atoms with E-state index in [1.54, 1.807) is 7.05 Å². The summed E-state index contributed by atoms with van der Waals surface area (Å²) in [5.41, 5.74) is -0.0743. The average molecular weight is 335 g/mol. The van der Waals surface area contributed by atoms with Crippen LogP contribution in [0.15, 0.2) is 48.5 Å². The van der Waals surface area contributed by atoms with Crippen LogP contribution in [-0.4, -0.2) is 35.9 Å². The number of amides is 1. The number of benzene rings is 2. The van der Waals surface area contributed by atoms with E-state index in [1.165, 1.54) is 23.1 Å². The molecule has 6 nitrogen and oxygen atoms in total. The molecule has 0 radical (unpaired) electrons. The van der Waals surface area contributed by atoms with Gasteiger partial charge in [0.2, 0.25) is 0 Å². The monoisotopic (exact) mass is 334 g/mol. The minimum Gasteiger partial charge on any atom is -0.492 e. The van der Waals surface area contributed by atoms with Crippen molar-refractivity contribution in [2.75, 3.05) is 20.2 Å². The molecule has 1 amide bonds. The molecule has 0 aliphatic heterocycles. The Morgan fingerprint density at radius 3 is 2.61 bits per heavy atom. The predicted molar refractivity (Wildman–Crippen MR) is 87.0 cm³/mol. The molecular formula is C16H15ClN2O4. The number of nitrogens with zero attached hydrogens (tertiary/aromatic N) is 2. The summed E-state index contributed by atoms with van der Waals surface area (Å²) in [6.45, 7) is 0.673. The highest BCUT2D eigenvalue weighted by molar-refractivity contribution is 6.32. The lowest BCUT2D eigenvalue weighted by atomic mass is 10.2. The zero-order valence-corrected chi connectivity index (χ0v) is 13.2. The van der Waals surface area contributed by atoms with Gasteiger partial charge in [0.05, 0.1) is 11.5 Å². The highest BCUT2D eigenvalue weighted by Gasteiger charge is 2.18. The third-order valence-electron chi connectivity index (χ3n) is 3.18. The van der Waals surface area contributed by atoms with E-state index < -0.39 is 4.92 Å². The molecule has 0 aliphatic rings. The van der Waals surface area contributed by atoms with Gasteiger partial charge in [0.25, 0.3) is 11.6 Å². The Labute approximate surface area is 138 Å². The molecule has 2 aromatic carbocycles. The molecule has 0 heterocycles. The Morgan fingerprint density at radius 1 is 1.26 bits per heavy atom. The van der Waals surface area contributed by atoms with Crippen LogP contribution >= 0.6 is 11.6 Å². The first-order valence-corrected chi connectivity index (χ1v) is 7.24. The number of halogens is 1. The summed E-state index contributed by atoms with van der Waals surface area (Å²) in [6, 6.07) is 13.2. The first-order chi connectivity index (χ1) is 11.0. The molecule has 2 rings (SSSR count). The van der Waals surface area contributed by atoms with Gasteiger partial charge in [0, 0.05) is 18.7 Å². The van der Waals surface area contributed by atoms with Crippen LogP contribution in [0.25, 0.3) is 0 Å². The van der Waals surface area contributed by atoms with Gasteiger partial charge < -0.3 is 9.64 Å². The standard InChI is InChI=1S/C16H15ClN2O4/c1-18(9-10-23-13-5-3-2-4-6-13)16(20)12-7-8-14(17)15(11-12)19(21)22/h2-8,11H,9-10H2,1H3. The van der Waals surface area contributed by atoms with E-state index >= 15 is 0 Å². The minimum atomic E-state index is -0.613. The molecule has 120 valence electrons. The van der Waals surface area contributed by atoms with Crippen molar-refractivity contribution < 1.29 is 14.5 Å². The first-order valence-electron chi connectivity index (χ1n) is 6.86. The minimum absolute atomic E-state index is 0.00149. The van der Waals surface area contributed by atoms with E-state index in [0.29, 0.717) is 13.2 Å². The van der Waals surface area contributed by atoms with E-state index in [1.807, 2.05) is 30.3 Å². The van der Waals surface area contributed by atoms with Crippen molar-refractivity contribution in [1.29, 1.82) is 0 Å². The largest absolute Gasteiger partial charge is 0.492 e. The molecule has 0 aromatic heterocycles. The molecule has 0 saturated carbocycles. The zero-order valence-electron chi connectivity index (χ0n) is 12.4. The van der Waals surface area contributed by atoms with Crippen LogP contribution in [0.5, 0.6) is 5.75 Å². The molecule has 23 heavy (non-hydrogen) atoms. The summed E-state index contributed by atoms with van der Waals surface area (Å²) in [5.74, 6) is 0.386. The van der Waals surface area contributed by atoms with E-state index in [2.05, 4.69) is 0 Å². The highest BCUT2D eigenvalue weighted by atomic mass is 35.5. The van der Waals surface area contributed by atoms with Gasteiger partial charge in [0.1, 0.15) is 17.4 Å². The molecule has 0 aliphatic carbocycles. The second-order valence-electron chi connectivity index (χ2n) is 4.81. The van der Waals surface area contributed by atoms with Gasteiger partial charge in [0.15, 0.2) is 0 Å². The molecule has 0 bridgehead atoms. The normalized spacial score (nSPS) is 10.2. The highest BCUT2D eigenvalue weighted by Crippen LogP contribution is 2.25. The van der Waals surface area contributed by atoms with Crippen LogP contribution in [0, 0.1) is 10.1 Å². The van der Waals surface area contributed by atoms with Gasteiger partial charge in [-0.1, -0.05) is 29.8 Å². The van der Waals surface area contributed by atoms with Crippen molar-refractivity contribution in [3.05, 3.63) is 69.2 Å². The molecule has 0 unspecified atom stereocenters. The summed E-state index contributed by atoms with van der Waals surface area (Å²) in [4.78, 5) is 24.0. The smallest absolute Gasteiger partial charge is 0.288 e. The van der Waals surface area contributed by atoms with Crippen LogP contribution < -0.4 is 4.74 Å². The number of likely N-dealkylation sites (N-methyl/N-ethyl adjacent to an activating group) is 1. The molecule has 7 heteroatoms. The van der Waals surface area contributed by atoms with Crippen molar-refractivity contribution >= 4 is 23.2 Å². The van der Waals surface area contributed by atoms with E-state index in [4.69, 9.17) is 16.3 Å². The summed E-state index contributed by atoms with van der Waals surface area (Å²) in [6.07, 6.45) is 0. The second-order valence-corrected chi connectivity index (χ2v) is 5.22. The number of para-hydroxylation sites is 1. The first kappa shape index (κ1) is 16.8. The van der Waals surface area contributed by atoms with E-state index in [-0.39, 0.29) is 22.2 Å². The Morgan fingerprint density at radius 2 is 1.96 bits per heavy atom. The van der Waals surface area contributed by atoms with Crippen molar-refractivity contribution in [2.24, 2.45) is 0 Å². The maximum atomic E-state index is 12.3. The number of carbonyl (C=O) groups is 1. The van der Waals surface area contributed by atoms with Crippen molar-refractivity contribution in [3.63, 3.8) is 0 Å². The summed E-state index contributed by atoms with van der Waals surface area (Å²) in [5, 5.41) is 10.9. The number of nitro groups is 1. The molecule has 0 N–H and O–H groups in total. The third-order valence-corrected chi connectivity index (χ3v) is 3.49. The van der Waals surface area contributed by atoms with Gasteiger partial charge in [-0.15, -0.1) is 0 Å². The molecule has 0 spiro atoms. The van der Waals surface area contributed by atoms with Crippen LogP contribution in [0.1, 0.15) is 10.4 Å². The average Bonchev–Trinajstić information content (AvgIpc) is 2.55. The van der Waals surface area contributed by atoms with Crippen LogP contribution in [0.4, 0.5) is 5.69 Å². The third kappa shape index (κ3) is 4.43. The van der Waals surface area contributed by atoms with Crippen LogP contribution in [0.3, 0.4) is 0 Å². The number of carbonyl (C=O) groups excluding carboxylic acids is 1. The van der Waals surface area contributed by atoms with E-state index in [0.717, 1.165) is 5.75 Å². The summed E-state index contributed by atoms with van der Waals surface area (Å²) < 4.78 is 5.52. The Hall–Kier alpha value is -2.60. The molecule has 0 atom stereocenters. The zero-order chi connectivity index (χ0) is 16.8. The predicted octanol–water partition coefficient (Wildman–Crippen LogP) is 3.40. The van der Waals surface area contributed by atoms with Gasteiger partial charge in [-0.25, -0.2) is 0 Å². The maximum Gasteiger partial charge on any atom is 0.288 e. The Kier molecular flexibility index (Phi) is 5.54. The van der Waals surface area contributed by atoms with E-state index in [9.17, 15) is 14.9 Å². The summed E-state index contributed by atoms with van der Waals surface area (Å²) in [7, 11) is 1.61. The molecule has 0 saturated heterocycles. The topological polar surface area (TPSA) is 72.7 Å². The van der Waals surface area contributed by atoms with Gasteiger partial charge in [-0.3, -0.25) is 14.9 Å². The van der Waals surface area contributed by atoms with Gasteiger partial charge >= 0.3 is 0 Å². The lowest BCUT2D eigenvalue weighted by molar-refractivity contribution is -0.384. The number of ether oxygens (including phenoxy) is 1. The molecular weight excluding hydrogens is 320 g/mol. The SMILES string of the molecule is CN(CCOc1ccccc1)C(=O)c1ccc(Cl)c([N+](=O)[O-])c1. The molecule has 0 fully saturated rings. The number of nitro benzene ring substituents is 1. The lowest BCUT2D eigenvalue weighted by Crippen LogP contribution is -2.30. The van der Waals surface area contributed by atoms with Gasteiger partial charge in [-0.05, 0) is 24.3 Å². The van der Waals surface area contributed by atoms with Crippen molar-refractivity contribution in [1.82, 2.24) is 4.90 Å². The number of hydrogen-bond acceptors (Lipinski definition) is 4. The fourth-order valence-corrected chi connectivity index (χ4v) is 2.11. The summed E-state index contributed by atoms with van der Waals surface area (Å²) >= 11 is 5.74. The van der Waals surface area contributed by atoms with Crippen LogP contribution in [-0.2, 0) is 0 Å². The van der Waals surface area contributed by atoms with Crippen molar-refractivity contribution in [2.45, 2.75) is 0 Å². The number of hydrogen-bond donors (Lipinski definition) is 0. The Balaban J connectivity index is 1.97. The maximum absolute atomic E-state index is 12.3. The fraction of sp³-hybridized carbons (Fsp3) is 0.188.